The monoisotopic (exact) mass is 144 g/mol. The summed E-state index contributed by atoms with van der Waals surface area (Å²) in [5.74, 6) is 0.630. The quantitative estimate of drug-likeness (QED) is 0.583. The highest BCUT2D eigenvalue weighted by Gasteiger charge is 2.20. The fourth-order valence-corrected chi connectivity index (χ4v) is 0.654. The topological polar surface area (TPSA) is 27.7 Å². The van der Waals surface area contributed by atoms with Crippen LogP contribution in [0.2, 0.25) is 0 Å². The molecule has 0 aromatic carbocycles. The van der Waals surface area contributed by atoms with E-state index in [1.54, 1.807) is 0 Å². The number of rotatable bonds is 2. The van der Waals surface area contributed by atoms with Crippen LogP contribution in [0.4, 0.5) is 0 Å². The van der Waals surface area contributed by atoms with Gasteiger partial charge in [-0.15, -0.1) is 0 Å². The summed E-state index contributed by atoms with van der Waals surface area (Å²) in [5.41, 5.74) is 0. The molecule has 1 saturated heterocycles. The predicted molar refractivity (Wildman–Crippen MR) is 36.2 cm³/mol. The zero-order chi connectivity index (χ0) is 7.56. The number of hydrogen-bond acceptors (Lipinski definition) is 3. The zero-order valence-electron chi connectivity index (χ0n) is 6.29. The maximum atomic E-state index is 5.18. The summed E-state index contributed by atoms with van der Waals surface area (Å²) in [6, 6.07) is 0. The third-order valence-corrected chi connectivity index (χ3v) is 1.03. The van der Waals surface area contributed by atoms with Crippen LogP contribution in [0.25, 0.3) is 0 Å². The van der Waals surface area contributed by atoms with Crippen LogP contribution in [0.3, 0.4) is 0 Å². The zero-order valence-corrected chi connectivity index (χ0v) is 6.29. The van der Waals surface area contributed by atoms with Crippen LogP contribution >= 0.6 is 0 Å². The summed E-state index contributed by atoms with van der Waals surface area (Å²) < 4.78 is 15.2. The Hall–Kier alpha value is -0.540. The van der Waals surface area contributed by atoms with Crippen molar-refractivity contribution in [3.05, 3.63) is 12.3 Å². The summed E-state index contributed by atoms with van der Waals surface area (Å²) in [4.78, 5) is 0. The smallest absolute Gasteiger partial charge is 0.316 e. The van der Waals surface area contributed by atoms with Gasteiger partial charge in [0.2, 0.25) is 0 Å². The Morgan fingerprint density at radius 2 is 2.40 bits per heavy atom. The first-order valence-electron chi connectivity index (χ1n) is 3.30. The van der Waals surface area contributed by atoms with Gasteiger partial charge in [-0.3, -0.25) is 0 Å². The first kappa shape index (κ1) is 7.57. The van der Waals surface area contributed by atoms with E-state index in [2.05, 4.69) is 6.58 Å². The molecule has 1 aliphatic heterocycles. The Morgan fingerprint density at radius 3 is 2.80 bits per heavy atom. The Balaban J connectivity index is 2.24. The lowest BCUT2D eigenvalue weighted by Crippen LogP contribution is -2.17. The maximum absolute atomic E-state index is 5.18. The molecular weight excluding hydrogens is 132 g/mol. The van der Waals surface area contributed by atoms with Crippen molar-refractivity contribution < 1.29 is 14.2 Å². The van der Waals surface area contributed by atoms with Crippen molar-refractivity contribution in [2.45, 2.75) is 26.4 Å². The SMILES string of the molecule is C=C1COC(OC(C)C)O1. The third-order valence-electron chi connectivity index (χ3n) is 1.03. The molecule has 0 aliphatic carbocycles. The molecular formula is C7H12O3. The molecule has 1 aliphatic rings. The van der Waals surface area contributed by atoms with Crippen LogP contribution in [0.15, 0.2) is 12.3 Å². The number of ether oxygens (including phenoxy) is 3. The Kier molecular flexibility index (Phi) is 2.29. The minimum Gasteiger partial charge on any atom is -0.444 e. The lowest BCUT2D eigenvalue weighted by atomic mass is 10.5. The van der Waals surface area contributed by atoms with E-state index in [0.29, 0.717) is 12.4 Å². The van der Waals surface area contributed by atoms with Gasteiger partial charge in [0, 0.05) is 0 Å². The molecule has 1 rings (SSSR count). The molecule has 0 saturated carbocycles. The van der Waals surface area contributed by atoms with Crippen molar-refractivity contribution in [2.24, 2.45) is 0 Å². The lowest BCUT2D eigenvalue weighted by molar-refractivity contribution is -0.239. The van der Waals surface area contributed by atoms with Crippen LogP contribution in [0.1, 0.15) is 13.8 Å². The van der Waals surface area contributed by atoms with Crippen LogP contribution < -0.4 is 0 Å². The molecule has 0 aromatic rings. The molecule has 10 heavy (non-hydrogen) atoms. The van der Waals surface area contributed by atoms with Gasteiger partial charge in [-0.2, -0.15) is 0 Å². The first-order valence-corrected chi connectivity index (χ1v) is 3.30. The highest BCUT2D eigenvalue weighted by Crippen LogP contribution is 2.14. The fraction of sp³-hybridized carbons (Fsp3) is 0.714. The normalized spacial score (nSPS) is 25.5. The molecule has 1 fully saturated rings. The van der Waals surface area contributed by atoms with Crippen molar-refractivity contribution in [3.63, 3.8) is 0 Å². The van der Waals surface area contributed by atoms with Crippen LogP contribution in [-0.2, 0) is 14.2 Å². The van der Waals surface area contributed by atoms with Crippen LogP contribution in [0, 0.1) is 0 Å². The van der Waals surface area contributed by atoms with Gasteiger partial charge in [-0.1, -0.05) is 6.58 Å². The van der Waals surface area contributed by atoms with E-state index in [4.69, 9.17) is 14.2 Å². The van der Waals surface area contributed by atoms with E-state index in [0.717, 1.165) is 0 Å². The summed E-state index contributed by atoms with van der Waals surface area (Å²) in [7, 11) is 0. The molecule has 0 radical (unpaired) electrons. The predicted octanol–water partition coefficient (Wildman–Crippen LogP) is 1.26. The van der Waals surface area contributed by atoms with Gasteiger partial charge in [0.05, 0.1) is 6.10 Å². The van der Waals surface area contributed by atoms with E-state index in [9.17, 15) is 0 Å². The largest absolute Gasteiger partial charge is 0.444 e. The second kappa shape index (κ2) is 3.03. The summed E-state index contributed by atoms with van der Waals surface area (Å²) >= 11 is 0. The minimum absolute atomic E-state index is 0.121. The molecule has 1 heterocycles. The van der Waals surface area contributed by atoms with Crippen LogP contribution in [0.5, 0.6) is 0 Å². The van der Waals surface area contributed by atoms with Crippen molar-refractivity contribution in [3.8, 4) is 0 Å². The highest BCUT2D eigenvalue weighted by atomic mass is 16.9. The van der Waals surface area contributed by atoms with Gasteiger partial charge >= 0.3 is 6.48 Å². The van der Waals surface area contributed by atoms with Gasteiger partial charge in [0.25, 0.3) is 0 Å². The van der Waals surface area contributed by atoms with Crippen molar-refractivity contribution in [1.29, 1.82) is 0 Å². The standard InChI is InChI=1S/C7H12O3/c1-5(2)9-7-8-4-6(3)10-7/h5,7H,3-4H2,1-2H3. The van der Waals surface area contributed by atoms with Crippen molar-refractivity contribution >= 4 is 0 Å². The van der Waals surface area contributed by atoms with E-state index in [1.165, 1.54) is 0 Å². The van der Waals surface area contributed by atoms with Gasteiger partial charge in [0.15, 0.2) is 0 Å². The molecule has 0 spiro atoms. The Labute approximate surface area is 60.6 Å². The third kappa shape index (κ3) is 2.01. The lowest BCUT2D eigenvalue weighted by Gasteiger charge is -2.12. The molecule has 3 heteroatoms. The van der Waals surface area contributed by atoms with E-state index >= 15 is 0 Å². The van der Waals surface area contributed by atoms with Gasteiger partial charge < -0.3 is 14.2 Å². The molecule has 0 N–H and O–H groups in total. The molecule has 1 unspecified atom stereocenters. The van der Waals surface area contributed by atoms with Gasteiger partial charge in [-0.05, 0) is 13.8 Å². The summed E-state index contributed by atoms with van der Waals surface area (Å²) in [6.45, 7) is 7.34. The Morgan fingerprint density at radius 1 is 1.70 bits per heavy atom. The number of hydrogen-bond donors (Lipinski definition) is 0. The molecule has 0 bridgehead atoms. The molecule has 58 valence electrons. The van der Waals surface area contributed by atoms with Gasteiger partial charge in [0.1, 0.15) is 12.4 Å². The second-order valence-corrected chi connectivity index (χ2v) is 2.44. The van der Waals surface area contributed by atoms with E-state index in [-0.39, 0.29) is 6.10 Å². The molecule has 0 aromatic heterocycles. The van der Waals surface area contributed by atoms with E-state index in [1.807, 2.05) is 13.8 Å². The van der Waals surface area contributed by atoms with Gasteiger partial charge in [-0.25, -0.2) is 0 Å². The average molecular weight is 144 g/mol. The minimum atomic E-state index is -0.535. The first-order chi connectivity index (χ1) is 4.68. The second-order valence-electron chi connectivity index (χ2n) is 2.44. The molecule has 3 nitrogen and oxygen atoms in total. The summed E-state index contributed by atoms with van der Waals surface area (Å²) in [5, 5.41) is 0. The highest BCUT2D eigenvalue weighted by molar-refractivity contribution is 4.85. The fourth-order valence-electron chi connectivity index (χ4n) is 0.654. The van der Waals surface area contributed by atoms with E-state index < -0.39 is 6.48 Å². The van der Waals surface area contributed by atoms with Crippen molar-refractivity contribution in [1.82, 2.24) is 0 Å². The molecule has 1 atom stereocenters. The average Bonchev–Trinajstić information content (AvgIpc) is 2.13. The van der Waals surface area contributed by atoms with Crippen LogP contribution in [-0.4, -0.2) is 19.2 Å². The molecule has 0 amide bonds. The summed E-state index contributed by atoms with van der Waals surface area (Å²) in [6.07, 6.45) is 0.121. The van der Waals surface area contributed by atoms with Crippen molar-refractivity contribution in [2.75, 3.05) is 6.61 Å². The maximum Gasteiger partial charge on any atom is 0.316 e. The Bertz CT molecular complexity index is 131.